The molecule has 1 aromatic rings. The molecular formula is C15H19NO2. The Morgan fingerprint density at radius 2 is 1.67 bits per heavy atom. The van der Waals surface area contributed by atoms with Gasteiger partial charge in [-0.15, -0.1) is 0 Å². The first-order valence-electron chi connectivity index (χ1n) is 6.53. The molecule has 1 aliphatic carbocycles. The lowest BCUT2D eigenvalue weighted by molar-refractivity contribution is -0.121. The molecule has 1 fully saturated rings. The standard InChI is InChI=1S/C15H19NO2/c1-11(17)12-7-9-14(10-8-12)16-15(18)13-5-3-2-4-6-13/h2-6,12,14H,7-10H2,1H3,(H,16,18)/t12-,14+. The van der Waals surface area contributed by atoms with E-state index in [1.54, 1.807) is 6.92 Å². The molecule has 3 nitrogen and oxygen atoms in total. The highest BCUT2D eigenvalue weighted by Crippen LogP contribution is 2.25. The largest absolute Gasteiger partial charge is 0.349 e. The zero-order valence-electron chi connectivity index (χ0n) is 10.7. The van der Waals surface area contributed by atoms with Gasteiger partial charge >= 0.3 is 0 Å². The molecule has 0 bridgehead atoms. The van der Waals surface area contributed by atoms with Gasteiger partial charge in [0.1, 0.15) is 5.78 Å². The molecule has 0 saturated heterocycles. The molecule has 1 amide bonds. The van der Waals surface area contributed by atoms with Gasteiger partial charge in [0.25, 0.3) is 5.91 Å². The van der Waals surface area contributed by atoms with Crippen LogP contribution in [0.5, 0.6) is 0 Å². The lowest BCUT2D eigenvalue weighted by Crippen LogP contribution is -2.38. The van der Waals surface area contributed by atoms with Gasteiger partial charge in [-0.3, -0.25) is 9.59 Å². The van der Waals surface area contributed by atoms with Crippen LogP contribution in [-0.2, 0) is 4.79 Å². The van der Waals surface area contributed by atoms with Gasteiger partial charge in [-0.25, -0.2) is 0 Å². The Kier molecular flexibility index (Phi) is 4.13. The van der Waals surface area contributed by atoms with Crippen molar-refractivity contribution in [3.63, 3.8) is 0 Å². The lowest BCUT2D eigenvalue weighted by atomic mass is 9.84. The number of hydrogen-bond donors (Lipinski definition) is 1. The van der Waals surface area contributed by atoms with Crippen LogP contribution in [0.4, 0.5) is 0 Å². The summed E-state index contributed by atoms with van der Waals surface area (Å²) in [4.78, 5) is 23.2. The highest BCUT2D eigenvalue weighted by molar-refractivity contribution is 5.94. The monoisotopic (exact) mass is 245 g/mol. The molecule has 18 heavy (non-hydrogen) atoms. The number of rotatable bonds is 3. The molecular weight excluding hydrogens is 226 g/mol. The Bertz CT molecular complexity index is 419. The van der Waals surface area contributed by atoms with Crippen LogP contribution in [0, 0.1) is 5.92 Å². The van der Waals surface area contributed by atoms with Crippen molar-refractivity contribution in [2.75, 3.05) is 0 Å². The van der Waals surface area contributed by atoms with Gasteiger partial charge in [0.15, 0.2) is 0 Å². The van der Waals surface area contributed by atoms with Crippen molar-refractivity contribution in [1.82, 2.24) is 5.32 Å². The summed E-state index contributed by atoms with van der Waals surface area (Å²) in [6.45, 7) is 1.66. The van der Waals surface area contributed by atoms with E-state index in [1.165, 1.54) is 0 Å². The quantitative estimate of drug-likeness (QED) is 0.889. The fourth-order valence-electron chi connectivity index (χ4n) is 2.50. The maximum atomic E-state index is 12.0. The predicted octanol–water partition coefficient (Wildman–Crippen LogP) is 2.56. The predicted molar refractivity (Wildman–Crippen MR) is 70.3 cm³/mol. The molecule has 0 aliphatic heterocycles. The highest BCUT2D eigenvalue weighted by Gasteiger charge is 2.24. The molecule has 1 aromatic carbocycles. The van der Waals surface area contributed by atoms with Crippen molar-refractivity contribution in [3.8, 4) is 0 Å². The SMILES string of the molecule is CC(=O)[C@H]1CC[C@@H](NC(=O)c2ccccc2)CC1. The third-order valence-electron chi connectivity index (χ3n) is 3.67. The molecule has 0 heterocycles. The number of carbonyl (C=O) groups is 2. The first-order chi connectivity index (χ1) is 8.66. The number of ketones is 1. The van der Waals surface area contributed by atoms with Crippen LogP contribution < -0.4 is 5.32 Å². The molecule has 1 aliphatic rings. The summed E-state index contributed by atoms with van der Waals surface area (Å²) in [5.74, 6) is 0.472. The molecule has 0 spiro atoms. The van der Waals surface area contributed by atoms with Gasteiger partial charge in [-0.1, -0.05) is 18.2 Å². The maximum Gasteiger partial charge on any atom is 0.251 e. The van der Waals surface area contributed by atoms with Gasteiger partial charge in [-0.2, -0.15) is 0 Å². The van der Waals surface area contributed by atoms with E-state index in [0.29, 0.717) is 5.56 Å². The second-order valence-electron chi connectivity index (χ2n) is 5.00. The van der Waals surface area contributed by atoms with Gasteiger partial charge in [0, 0.05) is 17.5 Å². The van der Waals surface area contributed by atoms with E-state index < -0.39 is 0 Å². The molecule has 2 rings (SSSR count). The molecule has 0 radical (unpaired) electrons. The molecule has 1 N–H and O–H groups in total. The molecule has 96 valence electrons. The average molecular weight is 245 g/mol. The van der Waals surface area contributed by atoms with E-state index in [4.69, 9.17) is 0 Å². The summed E-state index contributed by atoms with van der Waals surface area (Å²) in [6, 6.07) is 9.47. The second kappa shape index (κ2) is 5.80. The fraction of sp³-hybridized carbons (Fsp3) is 0.467. The Morgan fingerprint density at radius 1 is 1.06 bits per heavy atom. The van der Waals surface area contributed by atoms with Crippen LogP contribution in [-0.4, -0.2) is 17.7 Å². The fourth-order valence-corrected chi connectivity index (χ4v) is 2.50. The summed E-state index contributed by atoms with van der Waals surface area (Å²) in [5, 5.41) is 3.04. The second-order valence-corrected chi connectivity index (χ2v) is 5.00. The van der Waals surface area contributed by atoms with Crippen LogP contribution >= 0.6 is 0 Å². The van der Waals surface area contributed by atoms with Gasteiger partial charge in [0.2, 0.25) is 0 Å². The van der Waals surface area contributed by atoms with Crippen molar-refractivity contribution in [3.05, 3.63) is 35.9 Å². The third-order valence-corrected chi connectivity index (χ3v) is 3.67. The normalized spacial score (nSPS) is 23.4. The number of carbonyl (C=O) groups excluding carboxylic acids is 2. The number of Topliss-reactive ketones (excluding diaryl/α,β-unsaturated/α-hetero) is 1. The van der Waals surface area contributed by atoms with E-state index >= 15 is 0 Å². The van der Waals surface area contributed by atoms with Crippen molar-refractivity contribution in [2.24, 2.45) is 5.92 Å². The van der Waals surface area contributed by atoms with Gasteiger partial charge in [-0.05, 0) is 44.7 Å². The smallest absolute Gasteiger partial charge is 0.251 e. The average Bonchev–Trinajstić information content (AvgIpc) is 2.40. The van der Waals surface area contributed by atoms with Crippen LogP contribution in [0.15, 0.2) is 30.3 Å². The molecule has 3 heteroatoms. The van der Waals surface area contributed by atoms with E-state index in [9.17, 15) is 9.59 Å². The minimum atomic E-state index is -0.0122. The van der Waals surface area contributed by atoms with E-state index in [2.05, 4.69) is 5.32 Å². The number of nitrogens with one attached hydrogen (secondary N) is 1. The van der Waals surface area contributed by atoms with Crippen LogP contribution in [0.3, 0.4) is 0 Å². The Labute approximate surface area is 108 Å². The molecule has 0 unspecified atom stereocenters. The molecule has 0 aromatic heterocycles. The Balaban J connectivity index is 1.85. The molecule has 0 atom stereocenters. The van der Waals surface area contributed by atoms with Crippen molar-refractivity contribution in [2.45, 2.75) is 38.6 Å². The Hall–Kier alpha value is -1.64. The lowest BCUT2D eigenvalue weighted by Gasteiger charge is -2.27. The summed E-state index contributed by atoms with van der Waals surface area (Å²) in [7, 11) is 0. The van der Waals surface area contributed by atoms with Gasteiger partial charge in [0.05, 0.1) is 0 Å². The summed E-state index contributed by atoms with van der Waals surface area (Å²) < 4.78 is 0. The van der Waals surface area contributed by atoms with Crippen molar-refractivity contribution in [1.29, 1.82) is 0 Å². The minimum absolute atomic E-state index is 0.0122. The first kappa shape index (κ1) is 12.8. The zero-order valence-corrected chi connectivity index (χ0v) is 10.7. The number of benzene rings is 1. The highest BCUT2D eigenvalue weighted by atomic mass is 16.1. The summed E-state index contributed by atoms with van der Waals surface area (Å²) in [6.07, 6.45) is 3.61. The number of amides is 1. The summed E-state index contributed by atoms with van der Waals surface area (Å²) >= 11 is 0. The van der Waals surface area contributed by atoms with Gasteiger partial charge < -0.3 is 5.32 Å². The minimum Gasteiger partial charge on any atom is -0.349 e. The van der Waals surface area contributed by atoms with E-state index in [0.717, 1.165) is 25.7 Å². The third kappa shape index (κ3) is 3.19. The van der Waals surface area contributed by atoms with E-state index in [-0.39, 0.29) is 23.7 Å². The van der Waals surface area contributed by atoms with Crippen LogP contribution in [0.25, 0.3) is 0 Å². The maximum absolute atomic E-state index is 12.0. The topological polar surface area (TPSA) is 46.2 Å². The first-order valence-corrected chi connectivity index (χ1v) is 6.53. The van der Waals surface area contributed by atoms with Crippen molar-refractivity contribution < 1.29 is 9.59 Å². The number of hydrogen-bond acceptors (Lipinski definition) is 2. The van der Waals surface area contributed by atoms with Crippen LogP contribution in [0.1, 0.15) is 43.0 Å². The van der Waals surface area contributed by atoms with E-state index in [1.807, 2.05) is 30.3 Å². The van der Waals surface area contributed by atoms with Crippen molar-refractivity contribution >= 4 is 11.7 Å². The Morgan fingerprint density at radius 3 is 2.22 bits per heavy atom. The zero-order chi connectivity index (χ0) is 13.0. The van der Waals surface area contributed by atoms with Crippen LogP contribution in [0.2, 0.25) is 0 Å². The molecule has 1 saturated carbocycles. The summed E-state index contributed by atoms with van der Waals surface area (Å²) in [5.41, 5.74) is 0.700.